The zero-order valence-corrected chi connectivity index (χ0v) is 16.3. The number of alkyl halides is 2. The van der Waals surface area contributed by atoms with E-state index in [1.165, 1.54) is 47.4 Å². The lowest BCUT2D eigenvalue weighted by Crippen LogP contribution is -2.13. The summed E-state index contributed by atoms with van der Waals surface area (Å²) in [4.78, 5) is 12.0. The number of nitrogens with zero attached hydrogens (tertiary/aromatic N) is 2. The number of carbonyl (C=O) groups excluding carboxylic acids is 1. The number of halogens is 2. The van der Waals surface area contributed by atoms with Crippen molar-refractivity contribution in [1.82, 2.24) is 10.2 Å². The quantitative estimate of drug-likeness (QED) is 0.502. The summed E-state index contributed by atoms with van der Waals surface area (Å²) in [5, 5.41) is 14.6. The fourth-order valence-electron chi connectivity index (χ4n) is 2.21. The van der Waals surface area contributed by atoms with E-state index in [-0.39, 0.29) is 17.4 Å². The fraction of sp³-hybridized carbons (Fsp3) is 0.167. The monoisotopic (exact) mass is 422 g/mol. The highest BCUT2D eigenvalue weighted by atomic mass is 32.2. The van der Waals surface area contributed by atoms with Gasteiger partial charge in [0, 0.05) is 11.4 Å². The number of thioether (sulfide) groups is 1. The van der Waals surface area contributed by atoms with Gasteiger partial charge in [-0.05, 0) is 48.9 Å². The van der Waals surface area contributed by atoms with E-state index in [0.717, 1.165) is 11.3 Å². The van der Waals surface area contributed by atoms with Crippen LogP contribution in [0.3, 0.4) is 0 Å². The number of benzene rings is 2. The molecule has 0 radical (unpaired) electrons. The summed E-state index contributed by atoms with van der Waals surface area (Å²) >= 11 is 2.61. The van der Waals surface area contributed by atoms with Crippen molar-refractivity contribution < 1.29 is 18.3 Å². The molecular formula is C18H16F2N4O2S2. The largest absolute Gasteiger partial charge is 0.435 e. The molecular weight excluding hydrogens is 406 g/mol. The highest BCUT2D eigenvalue weighted by Crippen LogP contribution is 2.28. The van der Waals surface area contributed by atoms with E-state index in [0.29, 0.717) is 15.2 Å². The molecule has 0 saturated heterocycles. The average molecular weight is 422 g/mol. The molecule has 1 heterocycles. The molecule has 28 heavy (non-hydrogen) atoms. The van der Waals surface area contributed by atoms with E-state index in [9.17, 15) is 13.6 Å². The normalized spacial score (nSPS) is 10.7. The third-order valence-corrected chi connectivity index (χ3v) is 5.34. The number of anilines is 3. The molecule has 2 aromatic carbocycles. The van der Waals surface area contributed by atoms with Crippen LogP contribution in [0, 0.1) is 6.92 Å². The molecule has 0 aliphatic heterocycles. The number of carbonyl (C=O) groups is 1. The van der Waals surface area contributed by atoms with Gasteiger partial charge in [0.1, 0.15) is 5.75 Å². The second-order valence-corrected chi connectivity index (χ2v) is 7.81. The van der Waals surface area contributed by atoms with Crippen LogP contribution in [0.2, 0.25) is 0 Å². The molecule has 6 nitrogen and oxygen atoms in total. The first-order chi connectivity index (χ1) is 13.5. The van der Waals surface area contributed by atoms with Crippen LogP contribution in [0.15, 0.2) is 52.9 Å². The summed E-state index contributed by atoms with van der Waals surface area (Å²) in [5.74, 6) is -0.0604. The van der Waals surface area contributed by atoms with Gasteiger partial charge < -0.3 is 15.4 Å². The van der Waals surface area contributed by atoms with Gasteiger partial charge in [-0.1, -0.05) is 35.2 Å². The fourth-order valence-corrected chi connectivity index (χ4v) is 3.78. The van der Waals surface area contributed by atoms with Gasteiger partial charge in [-0.3, -0.25) is 4.79 Å². The molecule has 0 spiro atoms. The molecule has 2 N–H and O–H groups in total. The standard InChI is InChI=1S/C18H16F2N4O2S2/c1-11-3-2-4-13(9-11)22-17-23-24-18(28-17)27-10-15(25)21-12-5-7-14(8-6-12)26-16(19)20/h2-9,16H,10H2,1H3,(H,21,25)(H,22,23). The number of rotatable bonds is 8. The number of aryl methyl sites for hydroxylation is 1. The average Bonchev–Trinajstić information content (AvgIpc) is 3.09. The third-order valence-electron chi connectivity index (χ3n) is 3.37. The molecule has 10 heteroatoms. The Bertz CT molecular complexity index is 935. The predicted octanol–water partition coefficient (Wildman–Crippen LogP) is 4.92. The van der Waals surface area contributed by atoms with Crippen molar-refractivity contribution in [3.8, 4) is 5.75 Å². The van der Waals surface area contributed by atoms with Crippen LogP contribution in [0.25, 0.3) is 0 Å². The Labute approximate surface area is 168 Å². The zero-order chi connectivity index (χ0) is 19.9. The molecule has 0 atom stereocenters. The van der Waals surface area contributed by atoms with E-state index < -0.39 is 6.61 Å². The summed E-state index contributed by atoms with van der Waals surface area (Å²) in [6, 6.07) is 13.6. The van der Waals surface area contributed by atoms with Crippen LogP contribution in [-0.2, 0) is 4.79 Å². The Kier molecular flexibility index (Phi) is 6.77. The van der Waals surface area contributed by atoms with Crippen molar-refractivity contribution in [2.75, 3.05) is 16.4 Å². The SMILES string of the molecule is Cc1cccc(Nc2nnc(SCC(=O)Nc3ccc(OC(F)F)cc3)s2)c1. The summed E-state index contributed by atoms with van der Waals surface area (Å²) in [6.07, 6.45) is 0. The van der Waals surface area contributed by atoms with Gasteiger partial charge in [0.05, 0.1) is 5.75 Å². The summed E-state index contributed by atoms with van der Waals surface area (Å²) < 4.78 is 29.2. The maximum absolute atomic E-state index is 12.1. The maximum Gasteiger partial charge on any atom is 0.387 e. The first kappa shape index (κ1) is 20.0. The molecule has 0 aliphatic rings. The van der Waals surface area contributed by atoms with E-state index in [1.807, 2.05) is 31.2 Å². The topological polar surface area (TPSA) is 76.1 Å². The van der Waals surface area contributed by atoms with Gasteiger partial charge in [0.25, 0.3) is 0 Å². The lowest BCUT2D eigenvalue weighted by molar-refractivity contribution is -0.113. The van der Waals surface area contributed by atoms with Crippen LogP contribution in [0.5, 0.6) is 5.75 Å². The molecule has 0 bridgehead atoms. The molecule has 0 aliphatic carbocycles. The van der Waals surface area contributed by atoms with Crippen LogP contribution >= 0.6 is 23.1 Å². The van der Waals surface area contributed by atoms with Gasteiger partial charge in [0.2, 0.25) is 11.0 Å². The number of amides is 1. The van der Waals surface area contributed by atoms with E-state index >= 15 is 0 Å². The van der Waals surface area contributed by atoms with Crippen molar-refractivity contribution in [2.45, 2.75) is 17.9 Å². The van der Waals surface area contributed by atoms with Crippen LogP contribution in [0.4, 0.5) is 25.3 Å². The Morgan fingerprint density at radius 2 is 1.96 bits per heavy atom. The van der Waals surface area contributed by atoms with Crippen molar-refractivity contribution >= 4 is 45.5 Å². The van der Waals surface area contributed by atoms with Crippen molar-refractivity contribution in [1.29, 1.82) is 0 Å². The van der Waals surface area contributed by atoms with Gasteiger partial charge in [0.15, 0.2) is 4.34 Å². The number of hydrogen-bond donors (Lipinski definition) is 2. The first-order valence-corrected chi connectivity index (χ1v) is 9.93. The Morgan fingerprint density at radius 3 is 2.68 bits per heavy atom. The Balaban J connectivity index is 1.47. The van der Waals surface area contributed by atoms with E-state index in [2.05, 4.69) is 25.6 Å². The van der Waals surface area contributed by atoms with Crippen molar-refractivity contribution in [3.05, 3.63) is 54.1 Å². The molecule has 0 fully saturated rings. The minimum Gasteiger partial charge on any atom is -0.435 e. The summed E-state index contributed by atoms with van der Waals surface area (Å²) in [7, 11) is 0. The number of hydrogen-bond acceptors (Lipinski definition) is 7. The zero-order valence-electron chi connectivity index (χ0n) is 14.7. The molecule has 1 aromatic heterocycles. The van der Waals surface area contributed by atoms with Gasteiger partial charge in [-0.25, -0.2) is 0 Å². The van der Waals surface area contributed by atoms with Crippen LogP contribution in [-0.4, -0.2) is 28.5 Å². The smallest absolute Gasteiger partial charge is 0.387 e. The third kappa shape index (κ3) is 6.17. The second kappa shape index (κ2) is 9.47. The molecule has 0 unspecified atom stereocenters. The van der Waals surface area contributed by atoms with Crippen LogP contribution < -0.4 is 15.4 Å². The maximum atomic E-state index is 12.1. The molecule has 146 valence electrons. The van der Waals surface area contributed by atoms with Crippen LogP contribution in [0.1, 0.15) is 5.56 Å². The highest BCUT2D eigenvalue weighted by Gasteiger charge is 2.10. The summed E-state index contributed by atoms with van der Waals surface area (Å²) in [6.45, 7) is -0.876. The summed E-state index contributed by atoms with van der Waals surface area (Å²) in [5.41, 5.74) is 2.55. The Hall–Kier alpha value is -2.72. The molecule has 1 amide bonds. The van der Waals surface area contributed by atoms with E-state index in [1.54, 1.807) is 0 Å². The van der Waals surface area contributed by atoms with Gasteiger partial charge in [-0.2, -0.15) is 8.78 Å². The highest BCUT2D eigenvalue weighted by molar-refractivity contribution is 8.01. The predicted molar refractivity (Wildman–Crippen MR) is 107 cm³/mol. The second-order valence-electron chi connectivity index (χ2n) is 5.61. The number of aromatic nitrogens is 2. The minimum absolute atomic E-state index is 0.0323. The molecule has 3 aromatic rings. The molecule has 0 saturated carbocycles. The van der Waals surface area contributed by atoms with Crippen molar-refractivity contribution in [2.24, 2.45) is 0 Å². The van der Waals surface area contributed by atoms with Gasteiger partial charge in [-0.15, -0.1) is 10.2 Å². The minimum atomic E-state index is -2.88. The molecule has 3 rings (SSSR count). The van der Waals surface area contributed by atoms with Crippen molar-refractivity contribution in [3.63, 3.8) is 0 Å². The number of nitrogens with one attached hydrogen (secondary N) is 2. The lowest BCUT2D eigenvalue weighted by Gasteiger charge is -2.07. The number of ether oxygens (including phenoxy) is 1. The van der Waals surface area contributed by atoms with Gasteiger partial charge >= 0.3 is 6.61 Å². The van der Waals surface area contributed by atoms with E-state index in [4.69, 9.17) is 0 Å². The first-order valence-electron chi connectivity index (χ1n) is 8.12. The Morgan fingerprint density at radius 1 is 1.18 bits per heavy atom. The lowest BCUT2D eigenvalue weighted by atomic mass is 10.2.